The molecule has 1 nitrogen and oxygen atoms in total. The normalized spacial score (nSPS) is 19.1. The van der Waals surface area contributed by atoms with E-state index in [1.807, 2.05) is 30.3 Å². The lowest BCUT2D eigenvalue weighted by Gasteiger charge is -2.29. The number of hydrogen-bond donors (Lipinski definition) is 0. The van der Waals surface area contributed by atoms with E-state index in [1.54, 1.807) is 6.07 Å². The molecule has 104 valence electrons. The van der Waals surface area contributed by atoms with E-state index in [-0.39, 0.29) is 11.3 Å². The monoisotopic (exact) mass is 326 g/mol. The fourth-order valence-electron chi connectivity index (χ4n) is 2.62. The Morgan fingerprint density at radius 2 is 1.90 bits per heavy atom. The predicted octanol–water partition coefficient (Wildman–Crippen LogP) is 5.84. The molecule has 2 unspecified atom stereocenters. The van der Waals surface area contributed by atoms with Gasteiger partial charge in [0.05, 0.1) is 12.0 Å². The van der Waals surface area contributed by atoms with E-state index >= 15 is 0 Å². The van der Waals surface area contributed by atoms with Crippen LogP contribution in [0.25, 0.3) is 0 Å². The second-order valence-electron chi connectivity index (χ2n) is 4.85. The van der Waals surface area contributed by atoms with Crippen LogP contribution in [0.3, 0.4) is 0 Å². The molecule has 2 atom stereocenters. The molecule has 2 aromatic rings. The minimum absolute atomic E-state index is 0.190. The Balaban J connectivity index is 1.97. The summed E-state index contributed by atoms with van der Waals surface area (Å²) in [5, 5.41) is 1.04. The van der Waals surface area contributed by atoms with Gasteiger partial charge >= 0.3 is 0 Å². The maximum absolute atomic E-state index is 6.69. The molecule has 0 fully saturated rings. The highest BCUT2D eigenvalue weighted by atomic mass is 35.5. The van der Waals surface area contributed by atoms with Gasteiger partial charge in [0.2, 0.25) is 0 Å². The highest BCUT2D eigenvalue weighted by Crippen LogP contribution is 2.46. The molecule has 0 bridgehead atoms. The third kappa shape index (κ3) is 2.63. The van der Waals surface area contributed by atoms with Gasteiger partial charge in [-0.1, -0.05) is 47.5 Å². The van der Waals surface area contributed by atoms with Crippen molar-refractivity contribution in [2.45, 2.75) is 17.7 Å². The Hall–Kier alpha value is -0.890. The summed E-state index contributed by atoms with van der Waals surface area (Å²) in [6, 6.07) is 13.5. The van der Waals surface area contributed by atoms with Gasteiger partial charge in [-0.2, -0.15) is 0 Å². The molecule has 3 rings (SSSR count). The fourth-order valence-corrected chi connectivity index (χ4v) is 3.65. The number of rotatable bonds is 2. The maximum Gasteiger partial charge on any atom is 0.122 e. The van der Waals surface area contributed by atoms with E-state index in [1.165, 1.54) is 0 Å². The highest BCUT2D eigenvalue weighted by molar-refractivity contribution is 6.36. The van der Waals surface area contributed by atoms with Gasteiger partial charge in [-0.3, -0.25) is 0 Å². The number of halogens is 3. The van der Waals surface area contributed by atoms with Crippen LogP contribution in [0.2, 0.25) is 10.0 Å². The summed E-state index contributed by atoms with van der Waals surface area (Å²) >= 11 is 18.9. The van der Waals surface area contributed by atoms with Crippen molar-refractivity contribution >= 4 is 34.8 Å². The van der Waals surface area contributed by atoms with Crippen molar-refractivity contribution in [3.8, 4) is 5.75 Å². The van der Waals surface area contributed by atoms with Crippen LogP contribution >= 0.6 is 34.8 Å². The Labute approximate surface area is 133 Å². The van der Waals surface area contributed by atoms with Crippen molar-refractivity contribution in [1.29, 1.82) is 0 Å². The zero-order valence-electron chi connectivity index (χ0n) is 10.7. The van der Waals surface area contributed by atoms with Crippen molar-refractivity contribution in [1.82, 2.24) is 0 Å². The summed E-state index contributed by atoms with van der Waals surface area (Å²) in [5.74, 6) is 1.11. The molecule has 1 heterocycles. The molecule has 0 saturated carbocycles. The van der Waals surface area contributed by atoms with Gasteiger partial charge in [0, 0.05) is 16.0 Å². The van der Waals surface area contributed by atoms with Crippen LogP contribution < -0.4 is 4.74 Å². The molecule has 0 spiro atoms. The summed E-state index contributed by atoms with van der Waals surface area (Å²) in [6.07, 6.45) is 0.879. The second kappa shape index (κ2) is 5.85. The number of benzene rings is 2. The Morgan fingerprint density at radius 3 is 2.70 bits per heavy atom. The number of hydrogen-bond acceptors (Lipinski definition) is 1. The fraction of sp³-hybridized carbons (Fsp3) is 0.250. The lowest BCUT2D eigenvalue weighted by atomic mass is 9.87. The minimum Gasteiger partial charge on any atom is -0.493 e. The molecule has 0 aliphatic carbocycles. The second-order valence-corrected chi connectivity index (χ2v) is 6.16. The minimum atomic E-state index is -0.190. The van der Waals surface area contributed by atoms with Crippen molar-refractivity contribution in [3.05, 3.63) is 63.6 Å². The van der Waals surface area contributed by atoms with Gasteiger partial charge in [0.25, 0.3) is 0 Å². The summed E-state index contributed by atoms with van der Waals surface area (Å²) < 4.78 is 5.68. The zero-order valence-corrected chi connectivity index (χ0v) is 12.9. The van der Waals surface area contributed by atoms with Gasteiger partial charge in [-0.25, -0.2) is 0 Å². The molecular formula is C16H13Cl3O. The van der Waals surface area contributed by atoms with Crippen molar-refractivity contribution in [2.75, 3.05) is 6.61 Å². The van der Waals surface area contributed by atoms with Gasteiger partial charge < -0.3 is 4.74 Å². The number of ether oxygens (including phenoxy) is 1. The summed E-state index contributed by atoms with van der Waals surface area (Å²) in [4.78, 5) is 0. The summed E-state index contributed by atoms with van der Waals surface area (Å²) in [6.45, 7) is 0.677. The molecule has 0 saturated heterocycles. The molecule has 0 N–H and O–H groups in total. The molecule has 0 aromatic heterocycles. The summed E-state index contributed by atoms with van der Waals surface area (Å²) in [7, 11) is 0. The number of fused-ring (bicyclic) bond motifs is 1. The Bertz CT molecular complexity index is 627. The molecule has 20 heavy (non-hydrogen) atoms. The van der Waals surface area contributed by atoms with Crippen LogP contribution in [0, 0.1) is 0 Å². The topological polar surface area (TPSA) is 9.23 Å². The quantitative estimate of drug-likeness (QED) is 0.630. The molecule has 1 aliphatic rings. The van der Waals surface area contributed by atoms with E-state index in [4.69, 9.17) is 39.5 Å². The zero-order chi connectivity index (χ0) is 14.1. The van der Waals surface area contributed by atoms with Crippen molar-refractivity contribution in [3.63, 3.8) is 0 Å². The average molecular weight is 328 g/mol. The lowest BCUT2D eigenvalue weighted by molar-refractivity contribution is 0.265. The maximum atomic E-state index is 6.69. The van der Waals surface area contributed by atoms with E-state index in [2.05, 4.69) is 6.07 Å². The van der Waals surface area contributed by atoms with E-state index < -0.39 is 0 Å². The predicted molar refractivity (Wildman–Crippen MR) is 84.4 cm³/mol. The van der Waals surface area contributed by atoms with Gasteiger partial charge in [-0.15, -0.1) is 11.6 Å². The first kappa shape index (κ1) is 14.1. The molecule has 4 heteroatoms. The molecule has 2 aromatic carbocycles. The third-order valence-electron chi connectivity index (χ3n) is 3.62. The van der Waals surface area contributed by atoms with E-state index in [0.717, 1.165) is 23.3 Å². The van der Waals surface area contributed by atoms with Gasteiger partial charge in [0.1, 0.15) is 5.75 Å². The first-order valence-corrected chi connectivity index (χ1v) is 7.67. The van der Waals surface area contributed by atoms with Crippen LogP contribution in [0.15, 0.2) is 42.5 Å². The van der Waals surface area contributed by atoms with Crippen LogP contribution in [-0.2, 0) is 0 Å². The molecule has 1 aliphatic heterocycles. The standard InChI is InChI=1S/C16H13Cl3O/c17-10-5-6-13(14(18)9-10)16(19)12-7-8-20-15-4-2-1-3-11(12)15/h1-6,9,12,16H,7-8H2. The molecule has 0 radical (unpaired) electrons. The van der Waals surface area contributed by atoms with Crippen LogP contribution in [0.4, 0.5) is 0 Å². The Morgan fingerprint density at radius 1 is 1.10 bits per heavy atom. The molecule has 0 amide bonds. The SMILES string of the molecule is Clc1ccc(C(Cl)C2CCOc3ccccc32)c(Cl)c1. The first-order chi connectivity index (χ1) is 9.66. The largest absolute Gasteiger partial charge is 0.493 e. The van der Waals surface area contributed by atoms with Crippen molar-refractivity contribution < 1.29 is 4.74 Å². The van der Waals surface area contributed by atoms with Crippen LogP contribution in [0.1, 0.15) is 28.8 Å². The van der Waals surface area contributed by atoms with E-state index in [0.29, 0.717) is 16.7 Å². The van der Waals surface area contributed by atoms with Crippen molar-refractivity contribution in [2.24, 2.45) is 0 Å². The summed E-state index contributed by atoms with van der Waals surface area (Å²) in [5.41, 5.74) is 2.06. The molecular weight excluding hydrogens is 315 g/mol. The average Bonchev–Trinajstić information content (AvgIpc) is 2.46. The van der Waals surface area contributed by atoms with E-state index in [9.17, 15) is 0 Å². The number of para-hydroxylation sites is 1. The lowest BCUT2D eigenvalue weighted by Crippen LogP contribution is -2.17. The van der Waals surface area contributed by atoms with Crippen LogP contribution in [-0.4, -0.2) is 6.61 Å². The highest BCUT2D eigenvalue weighted by Gasteiger charge is 2.29. The Kier molecular flexibility index (Phi) is 4.11. The first-order valence-electron chi connectivity index (χ1n) is 6.47. The van der Waals surface area contributed by atoms with Gasteiger partial charge in [0.15, 0.2) is 0 Å². The van der Waals surface area contributed by atoms with Gasteiger partial charge in [-0.05, 0) is 35.7 Å². The number of alkyl halides is 1. The van der Waals surface area contributed by atoms with Crippen LogP contribution in [0.5, 0.6) is 5.75 Å². The smallest absolute Gasteiger partial charge is 0.122 e. The third-order valence-corrected chi connectivity index (χ3v) is 4.72.